The summed E-state index contributed by atoms with van der Waals surface area (Å²) in [6.07, 6.45) is 3.04. The van der Waals surface area contributed by atoms with E-state index >= 15 is 0 Å². The molecule has 0 saturated heterocycles. The van der Waals surface area contributed by atoms with Crippen LogP contribution in [0.25, 0.3) is 0 Å². The minimum Gasteiger partial charge on any atom is -0.322 e. The fourth-order valence-corrected chi connectivity index (χ4v) is 1.58. The molecular formula is C11H17NS. The number of nitrogens with two attached hydrogens (primary N) is 1. The minimum absolute atomic E-state index is 0.184. The quantitative estimate of drug-likeness (QED) is 0.750. The second-order valence-corrected chi connectivity index (χ2v) is 4.38. The molecule has 1 aromatic carbocycles. The van der Waals surface area contributed by atoms with Gasteiger partial charge in [0.2, 0.25) is 0 Å². The van der Waals surface area contributed by atoms with Crippen LogP contribution in [0.2, 0.25) is 0 Å². The molecule has 2 heteroatoms. The Morgan fingerprint density at radius 2 is 1.85 bits per heavy atom. The Balaban J connectivity index is 2.92. The Morgan fingerprint density at radius 3 is 2.23 bits per heavy atom. The Bertz CT molecular complexity index is 264. The third kappa shape index (κ3) is 2.48. The van der Waals surface area contributed by atoms with Crippen LogP contribution < -0.4 is 5.73 Å². The summed E-state index contributed by atoms with van der Waals surface area (Å²) in [5.74, 6) is 0. The highest BCUT2D eigenvalue weighted by molar-refractivity contribution is 7.98. The first-order valence-electron chi connectivity index (χ1n) is 4.53. The minimum atomic E-state index is -0.184. The number of hydrogen-bond acceptors (Lipinski definition) is 2. The highest BCUT2D eigenvalue weighted by Gasteiger charge is 2.17. The maximum Gasteiger partial charge on any atom is 0.0378 e. The lowest BCUT2D eigenvalue weighted by Gasteiger charge is -2.23. The molecule has 1 atom stereocenters. The van der Waals surface area contributed by atoms with E-state index in [0.29, 0.717) is 0 Å². The third-order valence-electron chi connectivity index (χ3n) is 2.48. The van der Waals surface area contributed by atoms with Crippen LogP contribution in [0.4, 0.5) is 0 Å². The van der Waals surface area contributed by atoms with Gasteiger partial charge < -0.3 is 5.73 Å². The van der Waals surface area contributed by atoms with Gasteiger partial charge in [0.05, 0.1) is 0 Å². The van der Waals surface area contributed by atoms with Crippen LogP contribution in [0.5, 0.6) is 0 Å². The Kier molecular flexibility index (Phi) is 3.40. The predicted molar refractivity (Wildman–Crippen MR) is 60.1 cm³/mol. The van der Waals surface area contributed by atoms with E-state index in [-0.39, 0.29) is 5.54 Å². The number of rotatable bonds is 3. The molecular weight excluding hydrogens is 178 g/mol. The van der Waals surface area contributed by atoms with Crippen molar-refractivity contribution in [3.63, 3.8) is 0 Å². The van der Waals surface area contributed by atoms with Gasteiger partial charge in [0.25, 0.3) is 0 Å². The fourth-order valence-electron chi connectivity index (χ4n) is 1.18. The van der Waals surface area contributed by atoms with Crippen molar-refractivity contribution >= 4 is 11.8 Å². The zero-order valence-corrected chi connectivity index (χ0v) is 9.32. The first kappa shape index (κ1) is 10.6. The average molecular weight is 195 g/mol. The van der Waals surface area contributed by atoms with Crippen molar-refractivity contribution < 1.29 is 0 Å². The molecule has 0 amide bonds. The summed E-state index contributed by atoms with van der Waals surface area (Å²) in [5, 5.41) is 0. The van der Waals surface area contributed by atoms with Crippen LogP contribution in [0.1, 0.15) is 25.8 Å². The van der Waals surface area contributed by atoms with E-state index in [2.05, 4.69) is 44.4 Å². The van der Waals surface area contributed by atoms with Crippen LogP contribution in [-0.2, 0) is 5.54 Å². The molecule has 0 bridgehead atoms. The molecule has 0 saturated carbocycles. The molecule has 0 radical (unpaired) electrons. The first-order chi connectivity index (χ1) is 6.10. The van der Waals surface area contributed by atoms with Gasteiger partial charge in [-0.2, -0.15) is 0 Å². The summed E-state index contributed by atoms with van der Waals surface area (Å²) in [5.41, 5.74) is 7.15. The highest BCUT2D eigenvalue weighted by atomic mass is 32.2. The van der Waals surface area contributed by atoms with E-state index < -0.39 is 0 Å². The number of hydrogen-bond donors (Lipinski definition) is 1. The SMILES string of the molecule is CCC(C)(N)c1ccc(SC)cc1. The molecule has 72 valence electrons. The Morgan fingerprint density at radius 1 is 1.31 bits per heavy atom. The van der Waals surface area contributed by atoms with Crippen molar-refractivity contribution in [2.45, 2.75) is 30.7 Å². The van der Waals surface area contributed by atoms with Crippen molar-refractivity contribution in [1.82, 2.24) is 0 Å². The molecule has 0 spiro atoms. The molecule has 13 heavy (non-hydrogen) atoms. The third-order valence-corrected chi connectivity index (χ3v) is 3.23. The molecule has 0 aliphatic carbocycles. The van der Waals surface area contributed by atoms with Crippen LogP contribution >= 0.6 is 11.8 Å². The summed E-state index contributed by atoms with van der Waals surface area (Å²) < 4.78 is 0. The topological polar surface area (TPSA) is 26.0 Å². The first-order valence-corrected chi connectivity index (χ1v) is 5.76. The molecule has 2 N–H and O–H groups in total. The van der Waals surface area contributed by atoms with E-state index in [1.807, 2.05) is 0 Å². The van der Waals surface area contributed by atoms with Crippen LogP contribution in [-0.4, -0.2) is 6.26 Å². The molecule has 0 aliphatic rings. The Hall–Kier alpha value is -0.470. The van der Waals surface area contributed by atoms with E-state index in [9.17, 15) is 0 Å². The Labute approximate surface area is 84.7 Å². The van der Waals surface area contributed by atoms with E-state index in [1.165, 1.54) is 10.5 Å². The molecule has 1 nitrogen and oxygen atoms in total. The maximum absolute atomic E-state index is 6.12. The van der Waals surface area contributed by atoms with Gasteiger partial charge in [-0.25, -0.2) is 0 Å². The van der Waals surface area contributed by atoms with E-state index in [4.69, 9.17) is 5.73 Å². The molecule has 1 unspecified atom stereocenters. The van der Waals surface area contributed by atoms with E-state index in [0.717, 1.165) is 6.42 Å². The molecule has 0 heterocycles. The zero-order valence-electron chi connectivity index (χ0n) is 8.50. The summed E-state index contributed by atoms with van der Waals surface area (Å²) in [7, 11) is 0. The fraction of sp³-hybridized carbons (Fsp3) is 0.455. The van der Waals surface area contributed by atoms with Gasteiger partial charge >= 0.3 is 0 Å². The van der Waals surface area contributed by atoms with Gasteiger partial charge in [0, 0.05) is 10.4 Å². The smallest absolute Gasteiger partial charge is 0.0378 e. The molecule has 1 aromatic rings. The standard InChI is InChI=1S/C11H17NS/c1-4-11(2,12)9-5-7-10(13-3)8-6-9/h5-8H,4,12H2,1-3H3. The summed E-state index contributed by atoms with van der Waals surface area (Å²) in [6.45, 7) is 4.18. The lowest BCUT2D eigenvalue weighted by Crippen LogP contribution is -2.31. The summed E-state index contributed by atoms with van der Waals surface area (Å²) in [6, 6.07) is 8.49. The van der Waals surface area contributed by atoms with Gasteiger partial charge in [0.1, 0.15) is 0 Å². The maximum atomic E-state index is 6.12. The summed E-state index contributed by atoms with van der Waals surface area (Å²) in [4.78, 5) is 1.29. The van der Waals surface area contributed by atoms with Crippen molar-refractivity contribution in [2.75, 3.05) is 6.26 Å². The number of benzene rings is 1. The van der Waals surface area contributed by atoms with Crippen LogP contribution in [0.15, 0.2) is 29.2 Å². The second-order valence-electron chi connectivity index (χ2n) is 3.50. The van der Waals surface area contributed by atoms with Gasteiger partial charge in [-0.05, 0) is 37.3 Å². The van der Waals surface area contributed by atoms with Gasteiger partial charge in [-0.15, -0.1) is 11.8 Å². The van der Waals surface area contributed by atoms with Crippen LogP contribution in [0.3, 0.4) is 0 Å². The van der Waals surface area contributed by atoms with Gasteiger partial charge in [-0.1, -0.05) is 19.1 Å². The second kappa shape index (κ2) is 4.16. The zero-order chi connectivity index (χ0) is 9.90. The van der Waals surface area contributed by atoms with Crippen molar-refractivity contribution in [1.29, 1.82) is 0 Å². The molecule has 1 rings (SSSR count). The van der Waals surface area contributed by atoms with Gasteiger partial charge in [0.15, 0.2) is 0 Å². The monoisotopic (exact) mass is 195 g/mol. The van der Waals surface area contributed by atoms with E-state index in [1.54, 1.807) is 11.8 Å². The predicted octanol–water partition coefficient (Wildman–Crippen LogP) is 2.99. The van der Waals surface area contributed by atoms with Crippen LogP contribution in [0, 0.1) is 0 Å². The average Bonchev–Trinajstić information content (AvgIpc) is 2.18. The molecule has 0 aliphatic heterocycles. The van der Waals surface area contributed by atoms with Crippen molar-refractivity contribution in [3.05, 3.63) is 29.8 Å². The highest BCUT2D eigenvalue weighted by Crippen LogP contribution is 2.23. The van der Waals surface area contributed by atoms with Crippen molar-refractivity contribution in [3.8, 4) is 0 Å². The van der Waals surface area contributed by atoms with Gasteiger partial charge in [-0.3, -0.25) is 0 Å². The molecule has 0 aromatic heterocycles. The lowest BCUT2D eigenvalue weighted by molar-refractivity contribution is 0.476. The normalized spacial score (nSPS) is 15.4. The summed E-state index contributed by atoms with van der Waals surface area (Å²) >= 11 is 1.75. The largest absolute Gasteiger partial charge is 0.322 e. The van der Waals surface area contributed by atoms with Crippen molar-refractivity contribution in [2.24, 2.45) is 5.73 Å². The number of thioether (sulfide) groups is 1. The molecule has 0 fully saturated rings. The lowest BCUT2D eigenvalue weighted by atomic mass is 9.91.